The summed E-state index contributed by atoms with van der Waals surface area (Å²) in [7, 11) is 0. The van der Waals surface area contributed by atoms with Gasteiger partial charge < -0.3 is 14.8 Å². The number of aliphatic carboxylic acids is 1. The molecule has 136 valence electrons. The van der Waals surface area contributed by atoms with Crippen LogP contribution in [-0.2, 0) is 17.6 Å². The highest BCUT2D eigenvalue weighted by Crippen LogP contribution is 2.39. The number of H-pyrrole nitrogens is 1. The fraction of sp³-hybridized carbons (Fsp3) is 0.250. The van der Waals surface area contributed by atoms with Crippen LogP contribution in [0, 0.1) is 0 Å². The van der Waals surface area contributed by atoms with Gasteiger partial charge in [0.1, 0.15) is 5.75 Å². The number of ether oxygens (including phenoxy) is 1. The van der Waals surface area contributed by atoms with Gasteiger partial charge in [-0.2, -0.15) is 0 Å². The average molecular weight is 481 g/mol. The molecule has 3 aromatic rings. The molecule has 2 N–H and O–H groups in total. The summed E-state index contributed by atoms with van der Waals surface area (Å²) < 4.78 is 7.50. The molecule has 0 saturated carbocycles. The van der Waals surface area contributed by atoms with Crippen molar-refractivity contribution >= 4 is 48.7 Å². The van der Waals surface area contributed by atoms with E-state index in [1.807, 2.05) is 18.2 Å². The Morgan fingerprint density at radius 2 is 1.92 bits per heavy atom. The maximum Gasteiger partial charge on any atom is 0.307 e. The number of aryl methyl sites for hydroxylation is 1. The first kappa shape index (κ1) is 19.0. The van der Waals surface area contributed by atoms with E-state index in [1.54, 1.807) is 12.1 Å². The number of unbranched alkanes of at least 4 members (excludes halogenated alkanes) is 1. The summed E-state index contributed by atoms with van der Waals surface area (Å²) in [6.07, 6.45) is 5.38. The molecule has 0 atom stereocenters. The molecule has 0 fully saturated rings. The summed E-state index contributed by atoms with van der Waals surface area (Å²) in [6, 6.07) is 9.53. The number of carbonyl (C=O) groups is 1. The van der Waals surface area contributed by atoms with Crippen LogP contribution in [0.15, 0.2) is 45.5 Å². The highest BCUT2D eigenvalue weighted by Gasteiger charge is 2.13. The van der Waals surface area contributed by atoms with Crippen LogP contribution < -0.4 is 4.74 Å². The summed E-state index contributed by atoms with van der Waals surface area (Å²) in [5.41, 5.74) is 3.09. The van der Waals surface area contributed by atoms with Crippen LogP contribution in [0.3, 0.4) is 0 Å². The molecular formula is C20H19Br2NO3. The highest BCUT2D eigenvalue weighted by molar-refractivity contribution is 9.11. The zero-order valence-electron chi connectivity index (χ0n) is 14.3. The number of nitrogens with one attached hydrogen (secondary N) is 1. The van der Waals surface area contributed by atoms with Crippen molar-refractivity contribution < 1.29 is 14.6 Å². The summed E-state index contributed by atoms with van der Waals surface area (Å²) in [6.45, 7) is 2.19. The standard InChI is InChI=1S/C20H19Br2NO3/c1-2-3-4-13-11-23-18-6-5-14(10-15(13)18)26-20-16(21)7-12(8-17(20)22)9-19(24)25/h5-8,10-11,23H,2-4,9H2,1H3,(H,24,25). The van der Waals surface area contributed by atoms with Crippen LogP contribution in [0.4, 0.5) is 0 Å². The second-order valence-electron chi connectivity index (χ2n) is 6.19. The second-order valence-corrected chi connectivity index (χ2v) is 7.89. The third-order valence-electron chi connectivity index (χ3n) is 4.17. The lowest BCUT2D eigenvalue weighted by molar-refractivity contribution is -0.136. The van der Waals surface area contributed by atoms with Gasteiger partial charge >= 0.3 is 5.97 Å². The Morgan fingerprint density at radius 3 is 2.58 bits per heavy atom. The van der Waals surface area contributed by atoms with Crippen molar-refractivity contribution in [3.05, 3.63) is 56.6 Å². The van der Waals surface area contributed by atoms with Crippen molar-refractivity contribution in [2.75, 3.05) is 0 Å². The SMILES string of the molecule is CCCCc1c[nH]c2ccc(Oc3c(Br)cc(CC(=O)O)cc3Br)cc12. The molecule has 0 aliphatic heterocycles. The van der Waals surface area contributed by atoms with Gasteiger partial charge in [-0.25, -0.2) is 0 Å². The van der Waals surface area contributed by atoms with Crippen LogP contribution in [0.1, 0.15) is 30.9 Å². The third-order valence-corrected chi connectivity index (χ3v) is 5.35. The maximum absolute atomic E-state index is 10.9. The Balaban J connectivity index is 1.89. The predicted octanol–water partition coefficient (Wildman–Crippen LogP) is 6.45. The second kappa shape index (κ2) is 8.27. The van der Waals surface area contributed by atoms with E-state index in [1.165, 1.54) is 10.9 Å². The molecule has 0 amide bonds. The number of hydrogen-bond acceptors (Lipinski definition) is 2. The quantitative estimate of drug-likeness (QED) is 0.408. The van der Waals surface area contributed by atoms with Crippen LogP contribution in [0.5, 0.6) is 11.5 Å². The first-order valence-corrected chi connectivity index (χ1v) is 10.0. The van der Waals surface area contributed by atoms with E-state index < -0.39 is 5.97 Å². The normalized spacial score (nSPS) is 11.0. The zero-order valence-corrected chi connectivity index (χ0v) is 17.5. The van der Waals surface area contributed by atoms with Crippen molar-refractivity contribution in [1.82, 2.24) is 4.98 Å². The van der Waals surface area contributed by atoms with E-state index in [4.69, 9.17) is 9.84 Å². The average Bonchev–Trinajstić information content (AvgIpc) is 2.98. The molecule has 2 aromatic carbocycles. The Morgan fingerprint density at radius 1 is 1.19 bits per heavy atom. The molecule has 0 spiro atoms. The van der Waals surface area contributed by atoms with Gasteiger partial charge in [0.15, 0.2) is 5.75 Å². The summed E-state index contributed by atoms with van der Waals surface area (Å²) in [5, 5.41) is 10.1. The number of hydrogen-bond donors (Lipinski definition) is 2. The molecule has 1 heterocycles. The van der Waals surface area contributed by atoms with Gasteiger partial charge in [-0.15, -0.1) is 0 Å². The minimum absolute atomic E-state index is 0.0341. The predicted molar refractivity (Wildman–Crippen MR) is 110 cm³/mol. The number of carboxylic acid groups (broad SMARTS) is 1. The van der Waals surface area contributed by atoms with Crippen molar-refractivity contribution in [2.45, 2.75) is 32.6 Å². The molecule has 3 rings (SSSR count). The number of carboxylic acids is 1. The molecule has 0 aliphatic rings. The van der Waals surface area contributed by atoms with E-state index in [2.05, 4.69) is 50.0 Å². The van der Waals surface area contributed by atoms with E-state index in [0.29, 0.717) is 20.3 Å². The van der Waals surface area contributed by atoms with Crippen molar-refractivity contribution in [1.29, 1.82) is 0 Å². The van der Waals surface area contributed by atoms with Crippen LogP contribution >= 0.6 is 31.9 Å². The Hall–Kier alpha value is -1.79. The van der Waals surface area contributed by atoms with Crippen molar-refractivity contribution in [3.63, 3.8) is 0 Å². The van der Waals surface area contributed by atoms with Crippen molar-refractivity contribution in [3.8, 4) is 11.5 Å². The maximum atomic E-state index is 10.9. The Labute approximate surface area is 168 Å². The molecule has 0 aliphatic carbocycles. The molecule has 0 radical (unpaired) electrons. The van der Waals surface area contributed by atoms with Crippen LogP contribution in [-0.4, -0.2) is 16.1 Å². The molecule has 26 heavy (non-hydrogen) atoms. The minimum atomic E-state index is -0.866. The minimum Gasteiger partial charge on any atom is -0.481 e. The topological polar surface area (TPSA) is 62.3 Å². The molecule has 0 bridgehead atoms. The van der Waals surface area contributed by atoms with Gasteiger partial charge in [0, 0.05) is 17.1 Å². The first-order valence-electron chi connectivity index (χ1n) is 8.45. The number of benzene rings is 2. The third kappa shape index (κ3) is 4.30. The monoisotopic (exact) mass is 479 g/mol. The molecule has 6 heteroatoms. The van der Waals surface area contributed by atoms with E-state index in [-0.39, 0.29) is 6.42 Å². The lowest BCUT2D eigenvalue weighted by atomic mass is 10.1. The number of fused-ring (bicyclic) bond motifs is 1. The van der Waals surface area contributed by atoms with Gasteiger partial charge in [0.25, 0.3) is 0 Å². The van der Waals surface area contributed by atoms with Crippen LogP contribution in [0.25, 0.3) is 10.9 Å². The smallest absolute Gasteiger partial charge is 0.307 e. The van der Waals surface area contributed by atoms with Crippen molar-refractivity contribution in [2.24, 2.45) is 0 Å². The Kier molecular flexibility index (Phi) is 6.04. The molecule has 0 unspecified atom stereocenters. The first-order chi connectivity index (χ1) is 12.5. The molecular weight excluding hydrogens is 462 g/mol. The highest BCUT2D eigenvalue weighted by atomic mass is 79.9. The summed E-state index contributed by atoms with van der Waals surface area (Å²) in [5.74, 6) is 0.501. The summed E-state index contributed by atoms with van der Waals surface area (Å²) in [4.78, 5) is 14.2. The van der Waals surface area contributed by atoms with E-state index in [9.17, 15) is 4.79 Å². The van der Waals surface area contributed by atoms with Gasteiger partial charge in [-0.3, -0.25) is 4.79 Å². The largest absolute Gasteiger partial charge is 0.481 e. The lowest BCUT2D eigenvalue weighted by Crippen LogP contribution is -2.00. The molecule has 1 aromatic heterocycles. The number of rotatable bonds is 7. The molecule has 4 nitrogen and oxygen atoms in total. The number of aromatic nitrogens is 1. The van der Waals surface area contributed by atoms with Gasteiger partial charge in [0.05, 0.1) is 15.4 Å². The Bertz CT molecular complexity index is 926. The fourth-order valence-corrected chi connectivity index (χ4v) is 4.34. The lowest BCUT2D eigenvalue weighted by Gasteiger charge is -2.12. The van der Waals surface area contributed by atoms with Gasteiger partial charge in [-0.1, -0.05) is 13.3 Å². The van der Waals surface area contributed by atoms with Gasteiger partial charge in [0.2, 0.25) is 0 Å². The van der Waals surface area contributed by atoms with Gasteiger partial charge in [-0.05, 0) is 86.2 Å². The fourth-order valence-electron chi connectivity index (χ4n) is 2.90. The number of aromatic amines is 1. The summed E-state index contributed by atoms with van der Waals surface area (Å²) >= 11 is 6.96. The zero-order chi connectivity index (χ0) is 18.7. The van der Waals surface area contributed by atoms with E-state index in [0.717, 1.165) is 30.5 Å². The van der Waals surface area contributed by atoms with Crippen LogP contribution in [0.2, 0.25) is 0 Å². The number of halogens is 2. The van der Waals surface area contributed by atoms with E-state index >= 15 is 0 Å². The molecule has 0 saturated heterocycles.